The van der Waals surface area contributed by atoms with E-state index in [2.05, 4.69) is 4.98 Å². The van der Waals surface area contributed by atoms with Crippen molar-refractivity contribution in [3.8, 4) is 10.6 Å². The molecule has 1 aromatic carbocycles. The van der Waals surface area contributed by atoms with E-state index < -0.39 is 15.0 Å². The van der Waals surface area contributed by atoms with Gasteiger partial charge in [0.25, 0.3) is 9.05 Å². The Morgan fingerprint density at radius 3 is 2.52 bits per heavy atom. The molecule has 144 valence electrons. The molecule has 0 amide bonds. The van der Waals surface area contributed by atoms with E-state index in [1.54, 1.807) is 30.3 Å². The lowest BCUT2D eigenvalue weighted by Gasteiger charge is -2.31. The molecule has 0 bridgehead atoms. The Kier molecular flexibility index (Phi) is 3.83. The molecule has 29 heavy (non-hydrogen) atoms. The summed E-state index contributed by atoms with van der Waals surface area (Å²) in [5.74, 6) is -1.80. The smallest absolute Gasteiger partial charge is 0.261 e. The van der Waals surface area contributed by atoms with E-state index >= 15 is 0 Å². The largest absolute Gasteiger partial charge is 0.507 e. The van der Waals surface area contributed by atoms with E-state index in [0.29, 0.717) is 21.1 Å². The van der Waals surface area contributed by atoms with Crippen LogP contribution in [0.2, 0.25) is 0 Å². The fourth-order valence-corrected chi connectivity index (χ4v) is 5.99. The zero-order valence-electron chi connectivity index (χ0n) is 14.4. The summed E-state index contributed by atoms with van der Waals surface area (Å²) in [6.45, 7) is 0. The summed E-state index contributed by atoms with van der Waals surface area (Å²) in [6.07, 6.45) is 1.30. The van der Waals surface area contributed by atoms with Crippen molar-refractivity contribution >= 4 is 48.7 Å². The lowest BCUT2D eigenvalue weighted by atomic mass is 9.77. The van der Waals surface area contributed by atoms with Crippen LogP contribution in [-0.2, 0) is 9.05 Å². The predicted molar refractivity (Wildman–Crippen MR) is 111 cm³/mol. The summed E-state index contributed by atoms with van der Waals surface area (Å²) in [7, 11) is 1.38. The number of ketones is 1. The molecule has 9 heteroatoms. The highest BCUT2D eigenvalue weighted by atomic mass is 35.7. The number of carbonyl (C=O) groups excluding carboxylic acids is 1. The number of hydrogen-bond donors (Lipinski definition) is 1. The Morgan fingerprint density at radius 1 is 1.07 bits per heavy atom. The molecular formula is C20H10ClNO5S2. The van der Waals surface area contributed by atoms with E-state index in [0.717, 1.165) is 11.3 Å². The molecule has 5 rings (SSSR count). The Labute approximate surface area is 173 Å². The molecule has 1 aromatic rings. The van der Waals surface area contributed by atoms with Gasteiger partial charge in [-0.3, -0.25) is 9.59 Å². The first-order valence-corrected chi connectivity index (χ1v) is 11.6. The van der Waals surface area contributed by atoms with Gasteiger partial charge in [-0.2, -0.15) is 0 Å². The molecular weight excluding hydrogens is 434 g/mol. The minimum absolute atomic E-state index is 0.0734. The van der Waals surface area contributed by atoms with Gasteiger partial charge in [-0.15, -0.1) is 11.3 Å². The van der Waals surface area contributed by atoms with Crippen LogP contribution in [0.3, 0.4) is 0 Å². The third kappa shape index (κ3) is 2.67. The number of aliphatic hydroxyl groups is 1. The highest BCUT2D eigenvalue weighted by Crippen LogP contribution is 2.50. The van der Waals surface area contributed by atoms with Crippen LogP contribution in [0.15, 0.2) is 57.7 Å². The van der Waals surface area contributed by atoms with Crippen LogP contribution in [0.5, 0.6) is 0 Å². The van der Waals surface area contributed by atoms with Crippen molar-refractivity contribution in [3.05, 3.63) is 84.9 Å². The third-order valence-electron chi connectivity index (χ3n) is 4.96. The molecule has 1 unspecified atom stereocenters. The van der Waals surface area contributed by atoms with E-state index in [1.165, 1.54) is 18.2 Å². The first kappa shape index (κ1) is 18.2. The zero-order chi connectivity index (χ0) is 20.5. The summed E-state index contributed by atoms with van der Waals surface area (Å²) in [4.78, 5) is 30.2. The number of rotatable bonds is 1. The van der Waals surface area contributed by atoms with Crippen LogP contribution in [0.4, 0.5) is 0 Å². The number of hydrogen-bond acceptors (Lipinski definition) is 7. The van der Waals surface area contributed by atoms with Gasteiger partial charge in [0.05, 0.1) is 32.0 Å². The van der Waals surface area contributed by atoms with Crippen molar-refractivity contribution in [1.82, 2.24) is 4.98 Å². The van der Waals surface area contributed by atoms with Crippen LogP contribution < -0.4 is 5.43 Å². The van der Waals surface area contributed by atoms with Gasteiger partial charge in [0.2, 0.25) is 0 Å². The Balaban J connectivity index is 1.92. The highest BCUT2D eigenvalue weighted by molar-refractivity contribution is 8.17. The number of benzene rings is 2. The van der Waals surface area contributed by atoms with E-state index in [4.69, 9.17) is 10.7 Å². The summed E-state index contributed by atoms with van der Waals surface area (Å²) in [5.41, 5.74) is 1.08. The minimum Gasteiger partial charge on any atom is -0.507 e. The molecule has 0 spiro atoms. The van der Waals surface area contributed by atoms with Gasteiger partial charge in [0.1, 0.15) is 5.76 Å². The summed E-state index contributed by atoms with van der Waals surface area (Å²) < 4.78 is 24.6. The average molecular weight is 444 g/mol. The molecule has 1 N–H and O–H groups in total. The molecule has 0 saturated carbocycles. The zero-order valence-corrected chi connectivity index (χ0v) is 16.8. The second-order valence-corrected chi connectivity index (χ2v) is 10.3. The standard InChI is InChI=1S/C20H10ClNO5S2/c21-29(26,27)15-8-14-18(22-12-6-5-9(23)7-13(12)28-14)17-16(15)19(24)10-3-1-2-4-11(10)20(17)25/h1-8,17,24H. The Morgan fingerprint density at radius 2 is 1.79 bits per heavy atom. The number of carbonyl (C=O) groups is 1. The van der Waals surface area contributed by atoms with Crippen molar-refractivity contribution in [2.24, 2.45) is 0 Å². The number of nitrogens with zero attached hydrogens (tertiary/aromatic N) is 1. The van der Waals surface area contributed by atoms with Gasteiger partial charge in [0.15, 0.2) is 11.2 Å². The van der Waals surface area contributed by atoms with E-state index in [1.807, 2.05) is 0 Å². The number of Topliss-reactive ketones (excluding diaryl/α,β-unsaturated/α-hetero) is 1. The first-order chi connectivity index (χ1) is 13.8. The third-order valence-corrected chi connectivity index (χ3v) is 7.42. The Bertz CT molecular complexity index is 1440. The van der Waals surface area contributed by atoms with Gasteiger partial charge in [-0.25, -0.2) is 13.4 Å². The van der Waals surface area contributed by atoms with Crippen LogP contribution >= 0.6 is 22.0 Å². The highest BCUT2D eigenvalue weighted by Gasteiger charge is 2.44. The number of aliphatic hydroxyl groups excluding tert-OH is 1. The molecule has 0 fully saturated rings. The van der Waals surface area contributed by atoms with Crippen molar-refractivity contribution in [3.63, 3.8) is 0 Å². The SMILES string of the molecule is O=C1c2ccccc2C(O)=C2C(S(=O)(=O)Cl)=Cc3sc4cc(=O)ccc-4nc3C12. The van der Waals surface area contributed by atoms with Crippen LogP contribution in [-0.4, -0.2) is 24.3 Å². The molecule has 1 aliphatic heterocycles. The van der Waals surface area contributed by atoms with Crippen molar-refractivity contribution in [2.45, 2.75) is 5.92 Å². The van der Waals surface area contributed by atoms with E-state index in [9.17, 15) is 23.1 Å². The number of halogens is 1. The molecule has 6 nitrogen and oxygen atoms in total. The minimum atomic E-state index is -4.28. The molecule has 4 aliphatic rings. The fourth-order valence-electron chi connectivity index (χ4n) is 3.73. The monoisotopic (exact) mass is 443 g/mol. The van der Waals surface area contributed by atoms with E-state index in [-0.39, 0.29) is 38.6 Å². The van der Waals surface area contributed by atoms with Crippen LogP contribution in [0, 0.1) is 0 Å². The molecule has 3 aliphatic carbocycles. The van der Waals surface area contributed by atoms with Gasteiger partial charge in [-0.05, 0) is 18.2 Å². The fraction of sp³-hybridized carbons (Fsp3) is 0.0500. The second kappa shape index (κ2) is 6.09. The van der Waals surface area contributed by atoms with Crippen LogP contribution in [0.1, 0.15) is 32.4 Å². The molecule has 1 heterocycles. The molecule has 0 aromatic heterocycles. The van der Waals surface area contributed by atoms with Gasteiger partial charge in [0, 0.05) is 33.4 Å². The maximum atomic E-state index is 13.3. The summed E-state index contributed by atoms with van der Waals surface area (Å²) in [6, 6.07) is 10.8. The molecule has 0 radical (unpaired) electrons. The average Bonchev–Trinajstić information content (AvgIpc) is 2.68. The number of allylic oxidation sites excluding steroid dienone is 1. The van der Waals surface area contributed by atoms with Gasteiger partial charge in [-0.1, -0.05) is 24.3 Å². The first-order valence-electron chi connectivity index (χ1n) is 8.44. The lowest BCUT2D eigenvalue weighted by Crippen LogP contribution is -2.28. The molecule has 0 saturated heterocycles. The number of fused-ring (bicyclic) bond motifs is 5. The Hall–Kier alpha value is -2.81. The summed E-state index contributed by atoms with van der Waals surface area (Å²) in [5, 5.41) is 10.9. The normalized spacial score (nSPS) is 18.2. The molecule has 1 atom stereocenters. The summed E-state index contributed by atoms with van der Waals surface area (Å²) >= 11 is 1.15. The van der Waals surface area contributed by atoms with Gasteiger partial charge < -0.3 is 5.11 Å². The van der Waals surface area contributed by atoms with Crippen molar-refractivity contribution < 1.29 is 18.3 Å². The lowest BCUT2D eigenvalue weighted by molar-refractivity contribution is 0.0968. The van der Waals surface area contributed by atoms with Crippen LogP contribution in [0.25, 0.3) is 22.4 Å². The number of aromatic nitrogens is 1. The van der Waals surface area contributed by atoms with Crippen molar-refractivity contribution in [2.75, 3.05) is 0 Å². The quantitative estimate of drug-likeness (QED) is 0.574. The maximum Gasteiger partial charge on any atom is 0.261 e. The van der Waals surface area contributed by atoms with Crippen molar-refractivity contribution in [1.29, 1.82) is 0 Å². The topological polar surface area (TPSA) is 101 Å². The second-order valence-electron chi connectivity index (χ2n) is 6.64. The predicted octanol–water partition coefficient (Wildman–Crippen LogP) is 3.78. The maximum absolute atomic E-state index is 13.3. The van der Waals surface area contributed by atoms with Gasteiger partial charge >= 0.3 is 0 Å².